The topological polar surface area (TPSA) is 12.0 Å². The average Bonchev–Trinajstić information content (AvgIpc) is 2.61. The van der Waals surface area contributed by atoms with Crippen molar-refractivity contribution < 1.29 is 8.78 Å². The summed E-state index contributed by atoms with van der Waals surface area (Å²) in [5.74, 6) is -0.611. The molecule has 0 aliphatic heterocycles. The van der Waals surface area contributed by atoms with E-state index in [1.165, 1.54) is 25.7 Å². The van der Waals surface area contributed by atoms with Gasteiger partial charge >= 0.3 is 0 Å². The van der Waals surface area contributed by atoms with Crippen LogP contribution in [0.25, 0.3) is 0 Å². The highest BCUT2D eigenvalue weighted by atomic mass is 19.3. The highest BCUT2D eigenvalue weighted by molar-refractivity contribution is 4.83. The van der Waals surface area contributed by atoms with Gasteiger partial charge in [-0.2, -0.15) is 0 Å². The van der Waals surface area contributed by atoms with Crippen LogP contribution in [0.2, 0.25) is 0 Å². The minimum atomic E-state index is -2.38. The first-order chi connectivity index (χ1) is 8.07. The van der Waals surface area contributed by atoms with Crippen LogP contribution < -0.4 is 5.32 Å². The van der Waals surface area contributed by atoms with Gasteiger partial charge in [0, 0.05) is 12.8 Å². The molecular weight excluding hydrogens is 220 g/mol. The van der Waals surface area contributed by atoms with E-state index >= 15 is 0 Å². The monoisotopic (exact) mass is 245 g/mol. The normalized spacial score (nSPS) is 37.2. The Morgan fingerprint density at radius 1 is 1.12 bits per heavy atom. The summed E-state index contributed by atoms with van der Waals surface area (Å²) in [6.07, 6.45) is 6.26. The second-order valence-electron chi connectivity index (χ2n) is 6.14. The van der Waals surface area contributed by atoms with Gasteiger partial charge in [0.05, 0.1) is 0 Å². The van der Waals surface area contributed by atoms with E-state index in [0.29, 0.717) is 6.42 Å². The molecule has 2 rings (SSSR count). The molecule has 2 fully saturated rings. The summed E-state index contributed by atoms with van der Waals surface area (Å²) in [6.45, 7) is 4.15. The fourth-order valence-electron chi connectivity index (χ4n) is 3.39. The predicted molar refractivity (Wildman–Crippen MR) is 66.3 cm³/mol. The van der Waals surface area contributed by atoms with Crippen molar-refractivity contribution in [3.8, 4) is 0 Å². The lowest BCUT2D eigenvalue weighted by molar-refractivity contribution is 0.00502. The SMILES string of the molecule is CC1CCCCC1CNCC1CCC(F)(F)C1. The van der Waals surface area contributed by atoms with Gasteiger partial charge in [-0.15, -0.1) is 0 Å². The molecule has 3 unspecified atom stereocenters. The van der Waals surface area contributed by atoms with E-state index in [1.807, 2.05) is 0 Å². The van der Waals surface area contributed by atoms with Crippen LogP contribution in [0.1, 0.15) is 51.9 Å². The van der Waals surface area contributed by atoms with Gasteiger partial charge in [0.15, 0.2) is 0 Å². The first kappa shape index (κ1) is 13.3. The van der Waals surface area contributed by atoms with Crippen LogP contribution in [0.5, 0.6) is 0 Å². The number of rotatable bonds is 4. The van der Waals surface area contributed by atoms with E-state index in [-0.39, 0.29) is 18.8 Å². The van der Waals surface area contributed by atoms with Crippen molar-refractivity contribution >= 4 is 0 Å². The van der Waals surface area contributed by atoms with Gasteiger partial charge in [-0.1, -0.05) is 26.2 Å². The fraction of sp³-hybridized carbons (Fsp3) is 1.00. The Hall–Kier alpha value is -0.180. The van der Waals surface area contributed by atoms with Crippen molar-refractivity contribution in [3.63, 3.8) is 0 Å². The van der Waals surface area contributed by atoms with Crippen molar-refractivity contribution in [2.24, 2.45) is 17.8 Å². The summed E-state index contributed by atoms with van der Waals surface area (Å²) in [5.41, 5.74) is 0. The van der Waals surface area contributed by atoms with Crippen LogP contribution in [0.4, 0.5) is 8.78 Å². The molecule has 17 heavy (non-hydrogen) atoms. The number of hydrogen-bond donors (Lipinski definition) is 1. The summed E-state index contributed by atoms with van der Waals surface area (Å²) in [6, 6.07) is 0. The molecule has 0 spiro atoms. The summed E-state index contributed by atoms with van der Waals surface area (Å²) in [7, 11) is 0. The highest BCUT2D eigenvalue weighted by Crippen LogP contribution is 2.38. The lowest BCUT2D eigenvalue weighted by Crippen LogP contribution is -2.32. The molecule has 3 heteroatoms. The molecule has 0 saturated heterocycles. The van der Waals surface area contributed by atoms with Crippen molar-refractivity contribution in [1.82, 2.24) is 5.32 Å². The molecule has 0 amide bonds. The number of hydrogen-bond acceptors (Lipinski definition) is 1. The van der Waals surface area contributed by atoms with Crippen LogP contribution in [-0.4, -0.2) is 19.0 Å². The van der Waals surface area contributed by atoms with Gasteiger partial charge < -0.3 is 5.32 Å². The highest BCUT2D eigenvalue weighted by Gasteiger charge is 2.39. The molecule has 1 N–H and O–H groups in total. The third-order valence-electron chi connectivity index (χ3n) is 4.63. The molecule has 2 aliphatic rings. The molecule has 2 aliphatic carbocycles. The number of halogens is 2. The maximum absolute atomic E-state index is 13.0. The van der Waals surface area contributed by atoms with E-state index in [9.17, 15) is 8.78 Å². The third kappa shape index (κ3) is 3.90. The van der Waals surface area contributed by atoms with E-state index in [1.54, 1.807) is 0 Å². The number of nitrogens with one attached hydrogen (secondary N) is 1. The van der Waals surface area contributed by atoms with E-state index in [2.05, 4.69) is 12.2 Å². The van der Waals surface area contributed by atoms with Gasteiger partial charge in [-0.3, -0.25) is 0 Å². The Morgan fingerprint density at radius 2 is 1.88 bits per heavy atom. The quantitative estimate of drug-likeness (QED) is 0.793. The summed E-state index contributed by atoms with van der Waals surface area (Å²) >= 11 is 0. The fourth-order valence-corrected chi connectivity index (χ4v) is 3.39. The Morgan fingerprint density at radius 3 is 2.53 bits per heavy atom. The van der Waals surface area contributed by atoms with Crippen LogP contribution in [0, 0.1) is 17.8 Å². The van der Waals surface area contributed by atoms with Crippen LogP contribution >= 0.6 is 0 Å². The Bertz CT molecular complexity index is 242. The van der Waals surface area contributed by atoms with E-state index in [0.717, 1.165) is 24.9 Å². The molecular formula is C14H25F2N. The minimum Gasteiger partial charge on any atom is -0.316 e. The van der Waals surface area contributed by atoms with Gasteiger partial charge in [0.25, 0.3) is 0 Å². The van der Waals surface area contributed by atoms with Crippen molar-refractivity contribution in [3.05, 3.63) is 0 Å². The molecule has 3 atom stereocenters. The van der Waals surface area contributed by atoms with Crippen LogP contribution in [0.3, 0.4) is 0 Å². The van der Waals surface area contributed by atoms with E-state index < -0.39 is 5.92 Å². The van der Waals surface area contributed by atoms with Crippen molar-refractivity contribution in [2.75, 3.05) is 13.1 Å². The lowest BCUT2D eigenvalue weighted by Gasteiger charge is -2.29. The standard InChI is InChI=1S/C14H25F2N/c1-11-4-2-3-5-13(11)10-17-9-12-6-7-14(15,16)8-12/h11-13,17H,2-10H2,1H3. The molecule has 0 aromatic heterocycles. The first-order valence-electron chi connectivity index (χ1n) is 7.15. The molecule has 100 valence electrons. The van der Waals surface area contributed by atoms with Crippen molar-refractivity contribution in [2.45, 2.75) is 57.8 Å². The van der Waals surface area contributed by atoms with Crippen LogP contribution in [-0.2, 0) is 0 Å². The largest absolute Gasteiger partial charge is 0.316 e. The predicted octanol–water partition coefficient (Wildman–Crippen LogP) is 3.84. The Labute approximate surface area is 103 Å². The first-order valence-corrected chi connectivity index (χ1v) is 7.15. The average molecular weight is 245 g/mol. The minimum absolute atomic E-state index is 0.0964. The summed E-state index contributed by atoms with van der Waals surface area (Å²) in [5, 5.41) is 3.43. The summed E-state index contributed by atoms with van der Waals surface area (Å²) < 4.78 is 26.0. The molecule has 2 saturated carbocycles. The van der Waals surface area contributed by atoms with E-state index in [4.69, 9.17) is 0 Å². The second kappa shape index (κ2) is 5.64. The smallest absolute Gasteiger partial charge is 0.248 e. The maximum atomic E-state index is 13.0. The second-order valence-corrected chi connectivity index (χ2v) is 6.14. The lowest BCUT2D eigenvalue weighted by atomic mass is 9.80. The van der Waals surface area contributed by atoms with Gasteiger partial charge in [0.1, 0.15) is 0 Å². The molecule has 0 aromatic carbocycles. The molecule has 0 heterocycles. The Kier molecular flexibility index (Phi) is 4.40. The van der Waals surface area contributed by atoms with Crippen molar-refractivity contribution in [1.29, 1.82) is 0 Å². The van der Waals surface area contributed by atoms with Crippen LogP contribution in [0.15, 0.2) is 0 Å². The summed E-state index contributed by atoms with van der Waals surface area (Å²) in [4.78, 5) is 0. The third-order valence-corrected chi connectivity index (χ3v) is 4.63. The maximum Gasteiger partial charge on any atom is 0.248 e. The Balaban J connectivity index is 1.63. The van der Waals surface area contributed by atoms with Gasteiger partial charge in [-0.05, 0) is 43.7 Å². The number of alkyl halides is 2. The van der Waals surface area contributed by atoms with Gasteiger partial charge in [-0.25, -0.2) is 8.78 Å². The van der Waals surface area contributed by atoms with Gasteiger partial charge in [0.2, 0.25) is 5.92 Å². The molecule has 1 nitrogen and oxygen atoms in total. The molecule has 0 radical (unpaired) electrons. The molecule has 0 aromatic rings. The zero-order valence-corrected chi connectivity index (χ0v) is 10.9. The zero-order chi connectivity index (χ0) is 12.3. The zero-order valence-electron chi connectivity index (χ0n) is 10.9. The molecule has 0 bridgehead atoms.